The molecule has 0 bridgehead atoms. The molecule has 0 fully saturated rings. The molecule has 4 aromatic carbocycles. The van der Waals surface area contributed by atoms with Crippen molar-refractivity contribution in [1.82, 2.24) is 0 Å². The highest BCUT2D eigenvalue weighted by Gasteiger charge is 2.23. The van der Waals surface area contributed by atoms with Crippen LogP contribution in [0.5, 0.6) is 0 Å². The lowest BCUT2D eigenvalue weighted by Crippen LogP contribution is -2.29. The molecule has 1 aliphatic carbocycles. The van der Waals surface area contributed by atoms with Crippen LogP contribution in [-0.2, 0) is 12.8 Å². The highest BCUT2D eigenvalue weighted by Crippen LogP contribution is 2.34. The number of rotatable bonds is 3. The molecule has 1 nitrogen and oxygen atoms in total. The van der Waals surface area contributed by atoms with Crippen molar-refractivity contribution < 1.29 is 0 Å². The fourth-order valence-corrected chi connectivity index (χ4v) is 5.33. The molecule has 0 radical (unpaired) electrons. The predicted molar refractivity (Wildman–Crippen MR) is 134 cm³/mol. The van der Waals surface area contributed by atoms with Crippen molar-refractivity contribution in [3.8, 4) is 11.1 Å². The topological polar surface area (TPSA) is 12.0 Å². The second-order valence-electron chi connectivity index (χ2n) is 9.15. The fraction of sp³-hybridized carbons (Fsp3) is 0.267. The maximum atomic E-state index is 3.82. The third kappa shape index (κ3) is 3.53. The minimum Gasteiger partial charge on any atom is -0.382 e. The largest absolute Gasteiger partial charge is 0.382 e. The molecule has 0 saturated carbocycles. The van der Waals surface area contributed by atoms with Crippen LogP contribution in [-0.4, -0.2) is 6.04 Å². The molecule has 1 atom stereocenters. The summed E-state index contributed by atoms with van der Waals surface area (Å²) in [5, 5.41) is 6.42. The molecule has 0 aromatic heterocycles. The summed E-state index contributed by atoms with van der Waals surface area (Å²) in [5.74, 6) is 0. The van der Waals surface area contributed by atoms with Crippen LogP contribution in [0.3, 0.4) is 0 Å². The molecule has 1 unspecified atom stereocenters. The van der Waals surface area contributed by atoms with E-state index in [0.717, 1.165) is 6.42 Å². The van der Waals surface area contributed by atoms with E-state index in [1.165, 1.54) is 62.7 Å². The minimum absolute atomic E-state index is 0.496. The highest BCUT2D eigenvalue weighted by molar-refractivity contribution is 5.96. The zero-order valence-corrected chi connectivity index (χ0v) is 19.0. The normalized spacial score (nSPS) is 15.7. The maximum Gasteiger partial charge on any atom is 0.0342 e. The third-order valence-corrected chi connectivity index (χ3v) is 7.51. The van der Waals surface area contributed by atoms with Gasteiger partial charge in [-0.2, -0.15) is 0 Å². The summed E-state index contributed by atoms with van der Waals surface area (Å²) < 4.78 is 0. The van der Waals surface area contributed by atoms with Gasteiger partial charge in [0.1, 0.15) is 0 Å². The number of hydrogen-bond acceptors (Lipinski definition) is 1. The number of hydrogen-bond donors (Lipinski definition) is 1. The van der Waals surface area contributed by atoms with Gasteiger partial charge in [0, 0.05) is 11.7 Å². The Morgan fingerprint density at radius 1 is 0.677 bits per heavy atom. The van der Waals surface area contributed by atoms with Gasteiger partial charge in [-0.25, -0.2) is 0 Å². The highest BCUT2D eigenvalue weighted by atomic mass is 14.9. The summed E-state index contributed by atoms with van der Waals surface area (Å²) in [4.78, 5) is 0. The number of benzene rings is 4. The third-order valence-electron chi connectivity index (χ3n) is 7.51. The van der Waals surface area contributed by atoms with Crippen molar-refractivity contribution in [1.29, 1.82) is 0 Å². The van der Waals surface area contributed by atoms with Gasteiger partial charge in [0.05, 0.1) is 0 Å². The number of nitrogens with one attached hydrogen (secondary N) is 1. The Bertz CT molecular complexity index is 1260. The molecule has 31 heavy (non-hydrogen) atoms. The Morgan fingerprint density at radius 2 is 1.35 bits per heavy atom. The van der Waals surface area contributed by atoms with Gasteiger partial charge >= 0.3 is 0 Å². The van der Waals surface area contributed by atoms with Gasteiger partial charge in [0.15, 0.2) is 0 Å². The first-order chi connectivity index (χ1) is 15.0. The molecule has 5 rings (SSSR count). The van der Waals surface area contributed by atoms with E-state index in [-0.39, 0.29) is 0 Å². The zero-order chi connectivity index (χ0) is 21.5. The summed E-state index contributed by atoms with van der Waals surface area (Å²) >= 11 is 0. The SMILES string of the molecule is Cc1c(C)c(C)c2c(c1C)CCC(Nc1ccc(-c3cccc4ccccc34)cc1)C2. The van der Waals surface area contributed by atoms with Crippen molar-refractivity contribution in [3.63, 3.8) is 0 Å². The summed E-state index contributed by atoms with van der Waals surface area (Å²) in [5.41, 5.74) is 12.9. The molecule has 0 amide bonds. The van der Waals surface area contributed by atoms with Crippen molar-refractivity contribution in [2.45, 2.75) is 53.0 Å². The molecule has 1 N–H and O–H groups in total. The summed E-state index contributed by atoms with van der Waals surface area (Å²) in [7, 11) is 0. The van der Waals surface area contributed by atoms with Gasteiger partial charge in [-0.15, -0.1) is 0 Å². The van der Waals surface area contributed by atoms with E-state index in [2.05, 4.69) is 99.7 Å². The zero-order valence-electron chi connectivity index (χ0n) is 19.0. The Kier molecular flexibility index (Phi) is 5.06. The molecule has 1 heteroatoms. The molecular weight excluding hydrogens is 374 g/mol. The average molecular weight is 406 g/mol. The van der Waals surface area contributed by atoms with Gasteiger partial charge in [-0.1, -0.05) is 54.6 Å². The standard InChI is InChI=1S/C30H31N/c1-19-20(2)22(4)30-18-26(16-17-27(30)21(19)3)31-25-14-12-24(13-15-25)29-11-7-9-23-8-5-6-10-28(23)29/h5-15,26,31H,16-18H2,1-4H3. The smallest absolute Gasteiger partial charge is 0.0342 e. The molecule has 0 heterocycles. The van der Waals surface area contributed by atoms with E-state index < -0.39 is 0 Å². The molecule has 1 aliphatic rings. The number of fused-ring (bicyclic) bond motifs is 2. The van der Waals surface area contributed by atoms with Crippen LogP contribution in [0.15, 0.2) is 66.7 Å². The van der Waals surface area contributed by atoms with Crippen LogP contribution in [0.1, 0.15) is 39.8 Å². The van der Waals surface area contributed by atoms with Crippen molar-refractivity contribution in [3.05, 3.63) is 100 Å². The van der Waals surface area contributed by atoms with E-state index >= 15 is 0 Å². The van der Waals surface area contributed by atoms with E-state index in [9.17, 15) is 0 Å². The number of anilines is 1. The molecule has 4 aromatic rings. The second kappa shape index (κ2) is 7.89. The first kappa shape index (κ1) is 19.9. The van der Waals surface area contributed by atoms with Crippen LogP contribution in [0.2, 0.25) is 0 Å². The van der Waals surface area contributed by atoms with Crippen LogP contribution < -0.4 is 5.32 Å². The Balaban J connectivity index is 1.38. The Labute approximate surface area is 186 Å². The monoisotopic (exact) mass is 405 g/mol. The second-order valence-corrected chi connectivity index (χ2v) is 9.15. The summed E-state index contributed by atoms with van der Waals surface area (Å²) in [6.45, 7) is 9.17. The van der Waals surface area contributed by atoms with Crippen molar-refractivity contribution in [2.24, 2.45) is 0 Å². The molecule has 156 valence electrons. The first-order valence-corrected chi connectivity index (χ1v) is 11.5. The lowest BCUT2D eigenvalue weighted by Gasteiger charge is -2.31. The predicted octanol–water partition coefficient (Wildman–Crippen LogP) is 7.71. The van der Waals surface area contributed by atoms with Crippen LogP contribution in [0, 0.1) is 27.7 Å². The van der Waals surface area contributed by atoms with Gasteiger partial charge in [0.2, 0.25) is 0 Å². The van der Waals surface area contributed by atoms with Gasteiger partial charge in [-0.3, -0.25) is 0 Å². The average Bonchev–Trinajstić information content (AvgIpc) is 2.81. The molecule has 0 aliphatic heterocycles. The summed E-state index contributed by atoms with van der Waals surface area (Å²) in [6, 6.07) is 24.7. The Hall–Kier alpha value is -3.06. The van der Waals surface area contributed by atoms with Crippen LogP contribution >= 0.6 is 0 Å². The van der Waals surface area contributed by atoms with Gasteiger partial charge in [-0.05, 0) is 114 Å². The van der Waals surface area contributed by atoms with E-state index in [4.69, 9.17) is 0 Å². The molecular formula is C30H31N. The lowest BCUT2D eigenvalue weighted by atomic mass is 9.79. The molecule has 0 saturated heterocycles. The maximum absolute atomic E-state index is 3.82. The quantitative estimate of drug-likeness (QED) is 0.368. The van der Waals surface area contributed by atoms with Crippen LogP contribution in [0.4, 0.5) is 5.69 Å². The Morgan fingerprint density at radius 3 is 2.13 bits per heavy atom. The van der Waals surface area contributed by atoms with E-state index in [0.29, 0.717) is 6.04 Å². The van der Waals surface area contributed by atoms with Crippen LogP contribution in [0.25, 0.3) is 21.9 Å². The first-order valence-electron chi connectivity index (χ1n) is 11.5. The summed E-state index contributed by atoms with van der Waals surface area (Å²) in [6.07, 6.45) is 3.49. The fourth-order valence-electron chi connectivity index (χ4n) is 5.33. The van der Waals surface area contributed by atoms with E-state index in [1.54, 1.807) is 11.1 Å². The van der Waals surface area contributed by atoms with Gasteiger partial charge < -0.3 is 5.32 Å². The van der Waals surface area contributed by atoms with Crippen molar-refractivity contribution in [2.75, 3.05) is 5.32 Å². The molecule has 0 spiro atoms. The van der Waals surface area contributed by atoms with Gasteiger partial charge in [0.25, 0.3) is 0 Å². The minimum atomic E-state index is 0.496. The van der Waals surface area contributed by atoms with E-state index in [1.807, 2.05) is 0 Å². The van der Waals surface area contributed by atoms with Crippen molar-refractivity contribution >= 4 is 16.5 Å². The lowest BCUT2D eigenvalue weighted by molar-refractivity contribution is 0.605.